The molecule has 0 saturated heterocycles. The van der Waals surface area contributed by atoms with E-state index in [4.69, 9.17) is 55.9 Å². The molecule has 4 nitrogen and oxygen atoms in total. The number of ether oxygens (including phenoxy) is 2. The minimum absolute atomic E-state index is 0.0159. The highest BCUT2D eigenvalue weighted by Gasteiger charge is 2.39. The van der Waals surface area contributed by atoms with Crippen molar-refractivity contribution in [3.63, 3.8) is 0 Å². The van der Waals surface area contributed by atoms with E-state index in [2.05, 4.69) is 5.32 Å². The van der Waals surface area contributed by atoms with E-state index in [1.807, 2.05) is 0 Å². The number of carbonyl (C=O) groups is 1. The molecule has 0 heterocycles. The number of alkyl halides is 6. The van der Waals surface area contributed by atoms with E-state index in [9.17, 15) is 31.1 Å². The van der Waals surface area contributed by atoms with E-state index in [1.165, 1.54) is 18.2 Å². The molecule has 0 unspecified atom stereocenters. The Kier molecular flexibility index (Phi) is 10.3. The highest BCUT2D eigenvalue weighted by Crippen LogP contribution is 2.38. The zero-order valence-electron chi connectivity index (χ0n) is 17.3. The number of hydrogen-bond acceptors (Lipinski definition) is 3. The topological polar surface area (TPSA) is 47.6 Å². The van der Waals surface area contributed by atoms with Gasteiger partial charge in [-0.1, -0.05) is 46.4 Å². The number of benzene rings is 2. The number of carbonyl (C=O) groups excluding carboxylic acids is 1. The van der Waals surface area contributed by atoms with Gasteiger partial charge in [0.1, 0.15) is 16.8 Å². The summed E-state index contributed by atoms with van der Waals surface area (Å²) in [7, 11) is 0. The van der Waals surface area contributed by atoms with Gasteiger partial charge in [-0.15, -0.1) is 0 Å². The molecular weight excluding hydrogens is 570 g/mol. The quantitative estimate of drug-likeness (QED) is 0.240. The van der Waals surface area contributed by atoms with Crippen molar-refractivity contribution in [2.75, 3.05) is 19.8 Å². The predicted molar refractivity (Wildman–Crippen MR) is 121 cm³/mol. The Labute approximate surface area is 215 Å². The van der Waals surface area contributed by atoms with Crippen LogP contribution in [0.3, 0.4) is 0 Å². The summed E-state index contributed by atoms with van der Waals surface area (Å²) in [5.41, 5.74) is -4.14. The van der Waals surface area contributed by atoms with Crippen molar-refractivity contribution < 1.29 is 40.6 Å². The summed E-state index contributed by atoms with van der Waals surface area (Å²) in [4.78, 5) is 12.2. The average Bonchev–Trinajstić information content (AvgIpc) is 2.73. The number of hydrogen-bond donors (Lipinski definition) is 1. The van der Waals surface area contributed by atoms with Crippen LogP contribution in [0.4, 0.5) is 26.3 Å². The summed E-state index contributed by atoms with van der Waals surface area (Å²) in [5.74, 6) is -0.766. The lowest BCUT2D eigenvalue weighted by Crippen LogP contribution is -2.28. The first-order chi connectivity index (χ1) is 16.2. The Bertz CT molecular complexity index is 1060. The number of rotatable bonds is 9. The van der Waals surface area contributed by atoms with E-state index in [1.54, 1.807) is 0 Å². The van der Waals surface area contributed by atoms with Crippen molar-refractivity contribution >= 4 is 52.3 Å². The maximum Gasteiger partial charge on any atom is 0.417 e. The van der Waals surface area contributed by atoms with Crippen LogP contribution < -0.4 is 14.8 Å². The van der Waals surface area contributed by atoms with Gasteiger partial charge in [-0.05, 0) is 30.7 Å². The Balaban J connectivity index is 1.95. The Morgan fingerprint density at radius 3 is 2.11 bits per heavy atom. The molecule has 0 bridgehead atoms. The molecule has 0 aromatic heterocycles. The molecule has 2 aromatic carbocycles. The highest BCUT2D eigenvalue weighted by molar-refractivity contribution is 6.55. The van der Waals surface area contributed by atoms with Crippen molar-refractivity contribution in [2.45, 2.75) is 18.8 Å². The van der Waals surface area contributed by atoms with Gasteiger partial charge in [-0.25, -0.2) is 0 Å². The van der Waals surface area contributed by atoms with Crippen LogP contribution in [0.5, 0.6) is 11.5 Å². The van der Waals surface area contributed by atoms with Crippen molar-refractivity contribution in [1.29, 1.82) is 0 Å². The molecule has 0 aliphatic heterocycles. The first kappa shape index (κ1) is 29.2. The molecule has 0 radical (unpaired) electrons. The van der Waals surface area contributed by atoms with E-state index < -0.39 is 35.0 Å². The van der Waals surface area contributed by atoms with Crippen LogP contribution in [0.1, 0.15) is 27.9 Å². The molecule has 2 rings (SSSR count). The molecule has 35 heavy (non-hydrogen) atoms. The minimum atomic E-state index is -5.16. The third-order valence-electron chi connectivity index (χ3n) is 4.21. The maximum atomic E-state index is 13.2. The van der Waals surface area contributed by atoms with Crippen LogP contribution in [0.2, 0.25) is 10.0 Å². The van der Waals surface area contributed by atoms with Gasteiger partial charge in [0.15, 0.2) is 5.75 Å². The molecule has 0 spiro atoms. The highest BCUT2D eigenvalue weighted by atomic mass is 35.5. The Morgan fingerprint density at radius 1 is 0.943 bits per heavy atom. The fourth-order valence-corrected chi connectivity index (χ4v) is 3.36. The molecule has 14 heteroatoms. The van der Waals surface area contributed by atoms with E-state index >= 15 is 0 Å². The lowest BCUT2D eigenvalue weighted by molar-refractivity contribution is -0.143. The van der Waals surface area contributed by atoms with Crippen molar-refractivity contribution in [2.24, 2.45) is 0 Å². The lowest BCUT2D eigenvalue weighted by atomic mass is 10.0. The van der Waals surface area contributed by atoms with Crippen LogP contribution in [0.25, 0.3) is 0 Å². The van der Waals surface area contributed by atoms with E-state index in [0.29, 0.717) is 17.9 Å². The summed E-state index contributed by atoms with van der Waals surface area (Å²) in [6.07, 6.45) is -8.63. The summed E-state index contributed by atoms with van der Waals surface area (Å²) in [6, 6.07) is 3.63. The van der Waals surface area contributed by atoms with Gasteiger partial charge in [-0.3, -0.25) is 4.79 Å². The third-order valence-corrected chi connectivity index (χ3v) is 5.08. The van der Waals surface area contributed by atoms with Gasteiger partial charge in [0, 0.05) is 18.7 Å². The predicted octanol–water partition coefficient (Wildman–Crippen LogP) is 7.93. The molecule has 0 aliphatic carbocycles. The first-order valence-corrected chi connectivity index (χ1v) is 11.0. The molecular formula is C21H15Cl4F6NO3. The Morgan fingerprint density at radius 2 is 1.57 bits per heavy atom. The SMILES string of the molecule is O=C(NCCCOc1c(Cl)cc(OCC=C(Cl)Cl)cc1Cl)c1ccc(C(F)(F)F)cc1C(F)(F)F. The normalized spacial score (nSPS) is 11.7. The molecule has 0 saturated carbocycles. The molecule has 1 amide bonds. The maximum absolute atomic E-state index is 13.2. The van der Waals surface area contributed by atoms with Gasteiger partial charge in [0.05, 0.1) is 33.3 Å². The zero-order valence-corrected chi connectivity index (χ0v) is 20.3. The van der Waals surface area contributed by atoms with E-state index in [0.717, 1.165) is 0 Å². The second-order valence-corrected chi connectivity index (χ2v) is 8.56. The zero-order chi connectivity index (χ0) is 26.4. The van der Waals surface area contributed by atoms with Gasteiger partial charge in [-0.2, -0.15) is 26.3 Å². The molecule has 2 aromatic rings. The summed E-state index contributed by atoms with van der Waals surface area (Å²) < 4.78 is 88.7. The lowest BCUT2D eigenvalue weighted by Gasteiger charge is -2.16. The second-order valence-electron chi connectivity index (χ2n) is 6.73. The smallest absolute Gasteiger partial charge is 0.417 e. The van der Waals surface area contributed by atoms with Crippen LogP contribution in [-0.4, -0.2) is 25.7 Å². The fourth-order valence-electron chi connectivity index (χ4n) is 2.66. The van der Waals surface area contributed by atoms with Crippen molar-refractivity contribution in [3.05, 3.63) is 67.6 Å². The van der Waals surface area contributed by atoms with Gasteiger partial charge < -0.3 is 14.8 Å². The number of amides is 1. The van der Waals surface area contributed by atoms with Crippen LogP contribution in [0.15, 0.2) is 40.9 Å². The fraction of sp³-hybridized carbons (Fsp3) is 0.286. The van der Waals surface area contributed by atoms with Gasteiger partial charge >= 0.3 is 12.4 Å². The van der Waals surface area contributed by atoms with Gasteiger partial charge in [0.25, 0.3) is 5.91 Å². The van der Waals surface area contributed by atoms with E-state index in [-0.39, 0.29) is 52.5 Å². The molecule has 0 aliphatic rings. The summed E-state index contributed by atoms with van der Waals surface area (Å²) in [5, 5.41) is 2.43. The average molecular weight is 585 g/mol. The molecule has 192 valence electrons. The van der Waals surface area contributed by atoms with Crippen LogP contribution >= 0.6 is 46.4 Å². The third kappa shape index (κ3) is 8.86. The summed E-state index contributed by atoms with van der Waals surface area (Å²) >= 11 is 23.2. The number of halogens is 10. The minimum Gasteiger partial charge on any atom is -0.490 e. The monoisotopic (exact) mass is 583 g/mol. The van der Waals surface area contributed by atoms with Crippen molar-refractivity contribution in [1.82, 2.24) is 5.32 Å². The van der Waals surface area contributed by atoms with Crippen LogP contribution in [0, 0.1) is 0 Å². The second kappa shape index (κ2) is 12.3. The summed E-state index contributed by atoms with van der Waals surface area (Å²) in [6.45, 7) is -0.118. The molecule has 0 fully saturated rings. The largest absolute Gasteiger partial charge is 0.490 e. The first-order valence-electron chi connectivity index (χ1n) is 9.52. The number of nitrogens with one attached hydrogen (secondary N) is 1. The van der Waals surface area contributed by atoms with Crippen LogP contribution in [-0.2, 0) is 12.4 Å². The molecule has 1 N–H and O–H groups in total. The van der Waals surface area contributed by atoms with Crippen molar-refractivity contribution in [3.8, 4) is 11.5 Å². The van der Waals surface area contributed by atoms with Gasteiger partial charge in [0.2, 0.25) is 0 Å². The molecule has 0 atom stereocenters. The standard InChI is InChI=1S/C21H15Cl4F6NO3/c22-15-9-12(34-7-4-17(24)25)10-16(23)18(15)35-6-1-5-32-19(33)13-3-2-11(20(26,27)28)8-14(13)21(29,30)31/h2-4,8-10H,1,5-7H2,(H,32,33). The Hall–Kier alpha value is -2.01.